The second-order valence-electron chi connectivity index (χ2n) is 4.07. The molecule has 2 nitrogen and oxygen atoms in total. The predicted molar refractivity (Wildman–Crippen MR) is 57.5 cm³/mol. The van der Waals surface area contributed by atoms with Crippen LogP contribution in [0.5, 0.6) is 0 Å². The molecule has 0 saturated carbocycles. The standard InChI is InChI=1S/C12H15F3O2/c1-8(17-3)11(2,16)9-6-4-5-7-10(9)12(13,14)15/h4-8,16H,1-3H3. The molecule has 0 bridgehead atoms. The van der Waals surface area contributed by atoms with E-state index in [1.54, 1.807) is 0 Å². The maximum absolute atomic E-state index is 12.8. The van der Waals surface area contributed by atoms with Crippen LogP contribution in [0.4, 0.5) is 13.2 Å². The van der Waals surface area contributed by atoms with Gasteiger partial charge in [0, 0.05) is 7.11 Å². The Kier molecular flexibility index (Phi) is 3.84. The lowest BCUT2D eigenvalue weighted by Crippen LogP contribution is -2.37. The first-order valence-electron chi connectivity index (χ1n) is 5.13. The largest absolute Gasteiger partial charge is 0.416 e. The molecule has 2 atom stereocenters. The number of halogens is 3. The van der Waals surface area contributed by atoms with Crippen molar-refractivity contribution in [2.24, 2.45) is 0 Å². The van der Waals surface area contributed by atoms with Crippen LogP contribution in [0.15, 0.2) is 24.3 Å². The van der Waals surface area contributed by atoms with Gasteiger partial charge in [0.25, 0.3) is 0 Å². The van der Waals surface area contributed by atoms with E-state index in [9.17, 15) is 18.3 Å². The zero-order chi connectivity index (χ0) is 13.3. The lowest BCUT2D eigenvalue weighted by atomic mass is 9.87. The third-order valence-electron chi connectivity index (χ3n) is 2.92. The molecule has 0 aliphatic rings. The molecule has 5 heteroatoms. The van der Waals surface area contributed by atoms with E-state index in [0.29, 0.717) is 0 Å². The summed E-state index contributed by atoms with van der Waals surface area (Å²) in [6.45, 7) is 2.83. The van der Waals surface area contributed by atoms with Gasteiger partial charge in [-0.2, -0.15) is 13.2 Å². The lowest BCUT2D eigenvalue weighted by molar-refractivity contribution is -0.143. The molecular weight excluding hydrogens is 233 g/mol. The minimum Gasteiger partial charge on any atom is -0.383 e. The van der Waals surface area contributed by atoms with Gasteiger partial charge in [0.2, 0.25) is 0 Å². The smallest absolute Gasteiger partial charge is 0.383 e. The fraction of sp³-hybridized carbons (Fsp3) is 0.500. The average Bonchev–Trinajstić information content (AvgIpc) is 2.26. The van der Waals surface area contributed by atoms with E-state index in [0.717, 1.165) is 6.07 Å². The molecule has 2 unspecified atom stereocenters. The monoisotopic (exact) mass is 248 g/mol. The average molecular weight is 248 g/mol. The highest BCUT2D eigenvalue weighted by Gasteiger charge is 2.40. The molecule has 0 aliphatic heterocycles. The molecule has 0 aliphatic carbocycles. The van der Waals surface area contributed by atoms with Crippen molar-refractivity contribution < 1.29 is 23.0 Å². The Morgan fingerprint density at radius 3 is 2.06 bits per heavy atom. The van der Waals surface area contributed by atoms with Gasteiger partial charge >= 0.3 is 6.18 Å². The van der Waals surface area contributed by atoms with Crippen LogP contribution in [-0.4, -0.2) is 18.3 Å². The number of rotatable bonds is 3. The van der Waals surface area contributed by atoms with Crippen molar-refractivity contribution in [3.8, 4) is 0 Å². The van der Waals surface area contributed by atoms with Crippen LogP contribution in [0.25, 0.3) is 0 Å². The van der Waals surface area contributed by atoms with Crippen molar-refractivity contribution in [3.05, 3.63) is 35.4 Å². The Hall–Kier alpha value is -1.07. The van der Waals surface area contributed by atoms with Gasteiger partial charge in [0.15, 0.2) is 0 Å². The van der Waals surface area contributed by atoms with Crippen LogP contribution in [0.2, 0.25) is 0 Å². The van der Waals surface area contributed by atoms with Crippen molar-refractivity contribution in [1.82, 2.24) is 0 Å². The molecule has 0 spiro atoms. The molecule has 96 valence electrons. The van der Waals surface area contributed by atoms with Crippen LogP contribution < -0.4 is 0 Å². The maximum atomic E-state index is 12.8. The van der Waals surface area contributed by atoms with Crippen LogP contribution >= 0.6 is 0 Å². The second kappa shape index (κ2) is 4.66. The highest BCUT2D eigenvalue weighted by Crippen LogP contribution is 2.38. The molecule has 1 N–H and O–H groups in total. The van der Waals surface area contributed by atoms with Crippen molar-refractivity contribution >= 4 is 0 Å². The summed E-state index contributed by atoms with van der Waals surface area (Å²) >= 11 is 0. The van der Waals surface area contributed by atoms with Crippen LogP contribution in [0.3, 0.4) is 0 Å². The topological polar surface area (TPSA) is 29.5 Å². The Morgan fingerprint density at radius 1 is 1.18 bits per heavy atom. The summed E-state index contributed by atoms with van der Waals surface area (Å²) in [5.41, 5.74) is -2.71. The van der Waals surface area contributed by atoms with Gasteiger partial charge in [-0.05, 0) is 25.5 Å². The van der Waals surface area contributed by atoms with E-state index < -0.39 is 23.4 Å². The first-order valence-corrected chi connectivity index (χ1v) is 5.13. The molecule has 0 radical (unpaired) electrons. The van der Waals surface area contributed by atoms with Gasteiger partial charge in [-0.1, -0.05) is 18.2 Å². The summed E-state index contributed by atoms with van der Waals surface area (Å²) in [4.78, 5) is 0. The molecular formula is C12H15F3O2. The number of benzene rings is 1. The number of alkyl halides is 3. The van der Waals surface area contributed by atoms with Gasteiger partial charge in [0.1, 0.15) is 5.60 Å². The highest BCUT2D eigenvalue weighted by molar-refractivity contribution is 5.34. The normalized spacial score (nSPS) is 17.6. The molecule has 17 heavy (non-hydrogen) atoms. The summed E-state index contributed by atoms with van der Waals surface area (Å²) in [5.74, 6) is 0. The van der Waals surface area contributed by atoms with Crippen LogP contribution in [0.1, 0.15) is 25.0 Å². The van der Waals surface area contributed by atoms with Gasteiger partial charge in [0.05, 0.1) is 11.7 Å². The molecule has 0 amide bonds. The van der Waals surface area contributed by atoms with E-state index in [-0.39, 0.29) is 5.56 Å². The van der Waals surface area contributed by atoms with E-state index in [1.165, 1.54) is 39.2 Å². The van der Waals surface area contributed by atoms with E-state index >= 15 is 0 Å². The fourth-order valence-electron chi connectivity index (χ4n) is 1.62. The summed E-state index contributed by atoms with van der Waals surface area (Å²) in [6.07, 6.45) is -5.24. The molecule has 0 aromatic heterocycles. The van der Waals surface area contributed by atoms with Gasteiger partial charge in [-0.15, -0.1) is 0 Å². The Bertz CT molecular complexity index is 386. The van der Waals surface area contributed by atoms with Gasteiger partial charge in [-0.25, -0.2) is 0 Å². The van der Waals surface area contributed by atoms with Crippen LogP contribution in [-0.2, 0) is 16.5 Å². The lowest BCUT2D eigenvalue weighted by Gasteiger charge is -2.31. The molecule has 1 rings (SSSR count). The highest BCUT2D eigenvalue weighted by atomic mass is 19.4. The zero-order valence-electron chi connectivity index (χ0n) is 9.88. The predicted octanol–water partition coefficient (Wildman–Crippen LogP) is 2.95. The fourth-order valence-corrected chi connectivity index (χ4v) is 1.62. The van der Waals surface area contributed by atoms with Crippen molar-refractivity contribution in [2.45, 2.75) is 31.7 Å². The number of methoxy groups -OCH3 is 1. The first-order chi connectivity index (χ1) is 7.71. The minimum absolute atomic E-state index is 0.179. The third kappa shape index (κ3) is 2.79. The van der Waals surface area contributed by atoms with E-state index in [4.69, 9.17) is 4.74 Å². The molecule has 0 saturated heterocycles. The van der Waals surface area contributed by atoms with Crippen molar-refractivity contribution in [1.29, 1.82) is 0 Å². The number of ether oxygens (including phenoxy) is 1. The Balaban J connectivity index is 3.32. The maximum Gasteiger partial charge on any atom is 0.416 e. The van der Waals surface area contributed by atoms with Gasteiger partial charge < -0.3 is 9.84 Å². The third-order valence-corrected chi connectivity index (χ3v) is 2.92. The van der Waals surface area contributed by atoms with E-state index in [2.05, 4.69) is 0 Å². The number of aliphatic hydroxyl groups is 1. The summed E-state index contributed by atoms with van der Waals surface area (Å²) in [7, 11) is 1.34. The SMILES string of the molecule is COC(C)C(C)(O)c1ccccc1C(F)(F)F. The van der Waals surface area contributed by atoms with E-state index in [1.807, 2.05) is 0 Å². The minimum atomic E-state index is -4.49. The molecule has 0 heterocycles. The molecule has 1 aromatic carbocycles. The molecule has 0 fully saturated rings. The number of hydrogen-bond donors (Lipinski definition) is 1. The molecule has 1 aromatic rings. The van der Waals surface area contributed by atoms with Crippen LogP contribution in [0, 0.1) is 0 Å². The Labute approximate surface area is 98.0 Å². The van der Waals surface area contributed by atoms with Crippen molar-refractivity contribution in [3.63, 3.8) is 0 Å². The summed E-state index contributed by atoms with van der Waals surface area (Å²) in [6, 6.07) is 4.96. The van der Waals surface area contributed by atoms with Gasteiger partial charge in [-0.3, -0.25) is 0 Å². The summed E-state index contributed by atoms with van der Waals surface area (Å²) in [5, 5.41) is 10.2. The number of hydrogen-bond acceptors (Lipinski definition) is 2. The zero-order valence-corrected chi connectivity index (χ0v) is 9.88. The summed E-state index contributed by atoms with van der Waals surface area (Å²) < 4.78 is 43.3. The quantitative estimate of drug-likeness (QED) is 0.891. The Morgan fingerprint density at radius 2 is 1.65 bits per heavy atom. The van der Waals surface area contributed by atoms with Crippen molar-refractivity contribution in [2.75, 3.05) is 7.11 Å². The first kappa shape index (κ1) is 14.0. The second-order valence-corrected chi connectivity index (χ2v) is 4.07.